The van der Waals surface area contributed by atoms with E-state index in [0.717, 1.165) is 44.3 Å². The van der Waals surface area contributed by atoms with Gasteiger partial charge in [-0.25, -0.2) is 0 Å². The lowest BCUT2D eigenvalue weighted by Crippen LogP contribution is -2.32. The maximum absolute atomic E-state index is 13.0. The topological polar surface area (TPSA) is 58.6 Å². The lowest BCUT2D eigenvalue weighted by Gasteiger charge is -2.22. The summed E-state index contributed by atoms with van der Waals surface area (Å²) >= 11 is 0. The van der Waals surface area contributed by atoms with Crippen molar-refractivity contribution < 1.29 is 14.3 Å². The van der Waals surface area contributed by atoms with Crippen LogP contribution in [0, 0.1) is 0 Å². The number of hydrogen-bond donors (Lipinski definition) is 1. The molecule has 0 aliphatic carbocycles. The lowest BCUT2D eigenvalue weighted by molar-refractivity contribution is 0.0762. The number of likely N-dealkylation sites (tertiary alicyclic amines) is 1. The molecule has 1 aliphatic rings. The van der Waals surface area contributed by atoms with Gasteiger partial charge < -0.3 is 15.0 Å². The smallest absolute Gasteiger partial charge is 0.255 e. The van der Waals surface area contributed by atoms with Crippen LogP contribution in [0.2, 0.25) is 0 Å². The molecule has 0 saturated carbocycles. The van der Waals surface area contributed by atoms with E-state index < -0.39 is 0 Å². The SMILES string of the molecule is C=C(C)COc1cccc(C(=O)Nc2ccccc2C(=O)N2CCCCCC2)c1. The summed E-state index contributed by atoms with van der Waals surface area (Å²) in [7, 11) is 0. The van der Waals surface area contributed by atoms with Crippen LogP contribution < -0.4 is 10.1 Å². The Hall–Kier alpha value is -3.08. The molecular formula is C24H28N2O3. The summed E-state index contributed by atoms with van der Waals surface area (Å²) in [6.45, 7) is 7.63. The summed E-state index contributed by atoms with van der Waals surface area (Å²) in [5.74, 6) is 0.304. The van der Waals surface area contributed by atoms with E-state index in [1.165, 1.54) is 0 Å². The van der Waals surface area contributed by atoms with Crippen molar-refractivity contribution in [2.45, 2.75) is 32.6 Å². The monoisotopic (exact) mass is 392 g/mol. The first-order valence-corrected chi connectivity index (χ1v) is 10.1. The number of benzene rings is 2. The second-order valence-electron chi connectivity index (χ2n) is 7.48. The Bertz CT molecular complexity index is 883. The van der Waals surface area contributed by atoms with Crippen molar-refractivity contribution >= 4 is 17.5 Å². The highest BCUT2D eigenvalue weighted by atomic mass is 16.5. The molecule has 0 unspecified atom stereocenters. The zero-order valence-corrected chi connectivity index (χ0v) is 16.9. The molecular weight excluding hydrogens is 364 g/mol. The molecule has 0 atom stereocenters. The van der Waals surface area contributed by atoms with Gasteiger partial charge in [-0.3, -0.25) is 9.59 Å². The first-order valence-electron chi connectivity index (χ1n) is 10.1. The van der Waals surface area contributed by atoms with E-state index in [2.05, 4.69) is 11.9 Å². The molecule has 152 valence electrons. The van der Waals surface area contributed by atoms with Crippen LogP contribution in [0.4, 0.5) is 5.69 Å². The van der Waals surface area contributed by atoms with Crippen LogP contribution in [0.3, 0.4) is 0 Å². The van der Waals surface area contributed by atoms with Gasteiger partial charge in [-0.05, 0) is 55.7 Å². The molecule has 1 N–H and O–H groups in total. The molecule has 29 heavy (non-hydrogen) atoms. The molecule has 3 rings (SSSR count). The number of anilines is 1. The zero-order chi connectivity index (χ0) is 20.6. The van der Waals surface area contributed by atoms with E-state index in [4.69, 9.17) is 4.74 Å². The van der Waals surface area contributed by atoms with Crippen LogP contribution in [0.1, 0.15) is 53.3 Å². The van der Waals surface area contributed by atoms with Gasteiger partial charge in [-0.1, -0.05) is 37.6 Å². The molecule has 2 aromatic carbocycles. The third-order valence-corrected chi connectivity index (χ3v) is 4.88. The predicted octanol–water partition coefficient (Wildman–Crippen LogP) is 4.91. The molecule has 5 heteroatoms. The number of carbonyl (C=O) groups is 2. The maximum Gasteiger partial charge on any atom is 0.255 e. The minimum atomic E-state index is -0.276. The summed E-state index contributed by atoms with van der Waals surface area (Å²) in [6, 6.07) is 14.2. The van der Waals surface area contributed by atoms with Gasteiger partial charge in [-0.15, -0.1) is 0 Å². The number of nitrogens with zero attached hydrogens (tertiary/aromatic N) is 1. The van der Waals surface area contributed by atoms with E-state index in [-0.39, 0.29) is 11.8 Å². The Morgan fingerprint density at radius 3 is 2.48 bits per heavy atom. The van der Waals surface area contributed by atoms with Crippen molar-refractivity contribution in [1.82, 2.24) is 4.90 Å². The quantitative estimate of drug-likeness (QED) is 0.711. The molecule has 1 aliphatic heterocycles. The van der Waals surface area contributed by atoms with Gasteiger partial charge in [0, 0.05) is 18.7 Å². The van der Waals surface area contributed by atoms with Gasteiger partial charge in [0.1, 0.15) is 12.4 Å². The van der Waals surface area contributed by atoms with Crippen LogP contribution >= 0.6 is 0 Å². The highest BCUT2D eigenvalue weighted by Crippen LogP contribution is 2.21. The number of ether oxygens (including phenoxy) is 1. The van der Waals surface area contributed by atoms with Crippen LogP contribution in [0.25, 0.3) is 0 Å². The third-order valence-electron chi connectivity index (χ3n) is 4.88. The van der Waals surface area contributed by atoms with E-state index >= 15 is 0 Å². The minimum Gasteiger partial charge on any atom is -0.489 e. The summed E-state index contributed by atoms with van der Waals surface area (Å²) < 4.78 is 5.62. The molecule has 0 aromatic heterocycles. The Morgan fingerprint density at radius 2 is 1.76 bits per heavy atom. The van der Waals surface area contributed by atoms with E-state index in [9.17, 15) is 9.59 Å². The highest BCUT2D eigenvalue weighted by molar-refractivity contribution is 6.09. The Labute approximate surface area is 172 Å². The van der Waals surface area contributed by atoms with Crippen molar-refractivity contribution in [3.63, 3.8) is 0 Å². The van der Waals surface area contributed by atoms with Crippen molar-refractivity contribution in [1.29, 1.82) is 0 Å². The molecule has 1 heterocycles. The number of hydrogen-bond acceptors (Lipinski definition) is 3. The molecule has 0 bridgehead atoms. The Kier molecular flexibility index (Phi) is 7.06. The second kappa shape index (κ2) is 9.92. The van der Waals surface area contributed by atoms with Crippen LogP contribution in [0.15, 0.2) is 60.7 Å². The van der Waals surface area contributed by atoms with Crippen LogP contribution in [-0.4, -0.2) is 36.4 Å². The normalized spacial score (nSPS) is 14.0. The van der Waals surface area contributed by atoms with Gasteiger partial charge in [0.15, 0.2) is 0 Å². The summed E-state index contributed by atoms with van der Waals surface area (Å²) in [4.78, 5) is 27.7. The molecule has 1 fully saturated rings. The summed E-state index contributed by atoms with van der Waals surface area (Å²) in [5.41, 5.74) is 2.43. The molecule has 2 aromatic rings. The molecule has 0 radical (unpaired) electrons. The average Bonchev–Trinajstić information content (AvgIpc) is 3.02. The number of para-hydroxylation sites is 1. The van der Waals surface area contributed by atoms with Gasteiger partial charge >= 0.3 is 0 Å². The second-order valence-corrected chi connectivity index (χ2v) is 7.48. The number of amides is 2. The van der Waals surface area contributed by atoms with Gasteiger partial charge in [0.2, 0.25) is 0 Å². The Balaban J connectivity index is 1.75. The zero-order valence-electron chi connectivity index (χ0n) is 16.9. The first-order chi connectivity index (χ1) is 14.0. The van der Waals surface area contributed by atoms with E-state index in [1.807, 2.05) is 24.0 Å². The fourth-order valence-corrected chi connectivity index (χ4v) is 3.35. The van der Waals surface area contributed by atoms with Crippen molar-refractivity contribution in [2.75, 3.05) is 25.0 Å². The lowest BCUT2D eigenvalue weighted by atomic mass is 10.1. The van der Waals surface area contributed by atoms with Crippen LogP contribution in [0.5, 0.6) is 5.75 Å². The average molecular weight is 392 g/mol. The number of carbonyl (C=O) groups excluding carboxylic acids is 2. The summed E-state index contributed by atoms with van der Waals surface area (Å²) in [5, 5.41) is 2.89. The maximum atomic E-state index is 13.0. The van der Waals surface area contributed by atoms with E-state index in [0.29, 0.717) is 29.2 Å². The fourth-order valence-electron chi connectivity index (χ4n) is 3.35. The predicted molar refractivity (Wildman–Crippen MR) is 116 cm³/mol. The number of nitrogens with one attached hydrogen (secondary N) is 1. The first kappa shape index (κ1) is 20.6. The molecule has 5 nitrogen and oxygen atoms in total. The third kappa shape index (κ3) is 5.70. The van der Waals surface area contributed by atoms with Crippen LogP contribution in [-0.2, 0) is 0 Å². The van der Waals surface area contributed by atoms with Gasteiger partial charge in [0.25, 0.3) is 11.8 Å². The van der Waals surface area contributed by atoms with Crippen molar-refractivity contribution in [3.05, 3.63) is 71.8 Å². The van der Waals surface area contributed by atoms with Crippen molar-refractivity contribution in [2.24, 2.45) is 0 Å². The Morgan fingerprint density at radius 1 is 1.03 bits per heavy atom. The van der Waals surface area contributed by atoms with Gasteiger partial charge in [-0.2, -0.15) is 0 Å². The fraction of sp³-hybridized carbons (Fsp3) is 0.333. The van der Waals surface area contributed by atoms with Gasteiger partial charge in [0.05, 0.1) is 11.3 Å². The minimum absolute atomic E-state index is 0.0265. The van der Waals surface area contributed by atoms with E-state index in [1.54, 1.807) is 36.4 Å². The molecule has 0 spiro atoms. The number of rotatable bonds is 6. The van der Waals surface area contributed by atoms with Crippen molar-refractivity contribution in [3.8, 4) is 5.75 Å². The summed E-state index contributed by atoms with van der Waals surface area (Å²) in [6.07, 6.45) is 4.37. The highest BCUT2D eigenvalue weighted by Gasteiger charge is 2.21. The molecule has 1 saturated heterocycles. The molecule has 2 amide bonds. The largest absolute Gasteiger partial charge is 0.489 e. The standard InChI is InChI=1S/C24H28N2O3/c1-18(2)17-29-20-11-9-10-19(16-20)23(27)25-22-13-6-5-12-21(22)24(28)26-14-7-3-4-8-15-26/h5-6,9-13,16H,1,3-4,7-8,14-15,17H2,2H3,(H,25,27).